The Kier molecular flexibility index (Phi) is 6.51. The lowest BCUT2D eigenvalue weighted by molar-refractivity contribution is 0.0695. The molecule has 5 rings (SSSR count). The van der Waals surface area contributed by atoms with Gasteiger partial charge in [0, 0.05) is 22.2 Å². The quantitative estimate of drug-likeness (QED) is 0.308. The fraction of sp³-hybridized carbons (Fsp3) is 0.250. The van der Waals surface area contributed by atoms with Gasteiger partial charge in [0.25, 0.3) is 0 Å². The van der Waals surface area contributed by atoms with Crippen LogP contribution in [-0.4, -0.2) is 18.2 Å². The Labute approximate surface area is 217 Å². The van der Waals surface area contributed by atoms with Crippen molar-refractivity contribution in [3.8, 4) is 11.5 Å². The molecule has 0 fully saturated rings. The SMILES string of the molecule is COc1cc([C@@H]2Nc3c(C)ccc(C(=O)O)c3[C@@H]3C=CC[C@@H]32)cc(Br)c1OCc1ccccc1Cl. The Morgan fingerprint density at radius 1 is 1.23 bits per heavy atom. The van der Waals surface area contributed by atoms with Gasteiger partial charge in [-0.3, -0.25) is 0 Å². The normalized spacial score (nSPS) is 20.1. The van der Waals surface area contributed by atoms with Crippen LogP contribution < -0.4 is 14.8 Å². The molecule has 35 heavy (non-hydrogen) atoms. The van der Waals surface area contributed by atoms with Crippen LogP contribution in [0.1, 0.15) is 51.0 Å². The molecule has 7 heteroatoms. The van der Waals surface area contributed by atoms with Crippen LogP contribution in [0.15, 0.2) is 65.2 Å². The van der Waals surface area contributed by atoms with Gasteiger partial charge in [-0.2, -0.15) is 0 Å². The van der Waals surface area contributed by atoms with Crippen molar-refractivity contribution in [1.82, 2.24) is 0 Å². The second-order valence-electron chi connectivity index (χ2n) is 8.91. The molecule has 0 saturated carbocycles. The fourth-order valence-corrected chi connectivity index (χ4v) is 5.96. The minimum Gasteiger partial charge on any atom is -0.493 e. The van der Waals surface area contributed by atoms with Crippen molar-refractivity contribution in [1.29, 1.82) is 0 Å². The summed E-state index contributed by atoms with van der Waals surface area (Å²) >= 11 is 9.98. The number of aromatic carboxylic acids is 1. The van der Waals surface area contributed by atoms with Crippen molar-refractivity contribution in [3.05, 3.63) is 98.0 Å². The number of anilines is 1. The van der Waals surface area contributed by atoms with Crippen LogP contribution in [0.5, 0.6) is 11.5 Å². The molecule has 0 radical (unpaired) electrons. The molecule has 0 saturated heterocycles. The number of hydrogen-bond acceptors (Lipinski definition) is 4. The number of benzene rings is 3. The van der Waals surface area contributed by atoms with Gasteiger partial charge in [0.2, 0.25) is 0 Å². The van der Waals surface area contributed by atoms with Crippen molar-refractivity contribution in [3.63, 3.8) is 0 Å². The van der Waals surface area contributed by atoms with E-state index in [0.717, 1.165) is 38.8 Å². The van der Waals surface area contributed by atoms with E-state index in [9.17, 15) is 9.90 Å². The maximum Gasteiger partial charge on any atom is 0.336 e. The van der Waals surface area contributed by atoms with Crippen LogP contribution in [0, 0.1) is 12.8 Å². The molecule has 2 aliphatic rings. The molecule has 1 aliphatic carbocycles. The predicted octanol–water partition coefficient (Wildman–Crippen LogP) is 7.52. The van der Waals surface area contributed by atoms with Crippen LogP contribution >= 0.6 is 27.5 Å². The number of nitrogens with one attached hydrogen (secondary N) is 1. The Morgan fingerprint density at radius 3 is 2.77 bits per heavy atom. The zero-order chi connectivity index (χ0) is 24.7. The van der Waals surface area contributed by atoms with E-state index in [1.54, 1.807) is 13.2 Å². The summed E-state index contributed by atoms with van der Waals surface area (Å²) in [6.07, 6.45) is 5.16. The van der Waals surface area contributed by atoms with E-state index >= 15 is 0 Å². The molecule has 3 atom stereocenters. The number of halogens is 2. The number of hydrogen-bond donors (Lipinski definition) is 2. The number of fused-ring (bicyclic) bond motifs is 3. The number of carboxylic acids is 1. The van der Waals surface area contributed by atoms with Crippen molar-refractivity contribution in [2.24, 2.45) is 5.92 Å². The van der Waals surface area contributed by atoms with Gasteiger partial charge >= 0.3 is 5.97 Å². The average Bonchev–Trinajstić information content (AvgIpc) is 3.33. The molecular formula is C28H25BrClNO4. The zero-order valence-corrected chi connectivity index (χ0v) is 21.7. The maximum atomic E-state index is 12.0. The fourth-order valence-electron chi connectivity index (χ4n) is 5.20. The first-order chi connectivity index (χ1) is 16.9. The predicted molar refractivity (Wildman–Crippen MR) is 141 cm³/mol. The lowest BCUT2D eigenvalue weighted by Crippen LogP contribution is -2.31. The highest BCUT2D eigenvalue weighted by Gasteiger charge is 2.41. The minimum atomic E-state index is -0.898. The first-order valence-corrected chi connectivity index (χ1v) is 12.6. The Hall–Kier alpha value is -2.96. The van der Waals surface area contributed by atoms with E-state index in [1.807, 2.05) is 43.3 Å². The van der Waals surface area contributed by atoms with Crippen LogP contribution in [0.4, 0.5) is 5.69 Å². The second kappa shape index (κ2) is 9.59. The van der Waals surface area contributed by atoms with E-state index in [-0.39, 0.29) is 17.9 Å². The van der Waals surface area contributed by atoms with E-state index in [2.05, 4.69) is 39.5 Å². The van der Waals surface area contributed by atoms with Gasteiger partial charge in [0.15, 0.2) is 11.5 Å². The first kappa shape index (κ1) is 23.8. The van der Waals surface area contributed by atoms with Gasteiger partial charge in [-0.1, -0.05) is 48.0 Å². The van der Waals surface area contributed by atoms with E-state index in [1.165, 1.54) is 0 Å². The summed E-state index contributed by atoms with van der Waals surface area (Å²) in [5.41, 5.74) is 5.10. The minimum absolute atomic E-state index is 0.0203. The summed E-state index contributed by atoms with van der Waals surface area (Å²) in [5, 5.41) is 14.1. The number of aryl methyl sites for hydroxylation is 1. The number of allylic oxidation sites excluding steroid dienone is 2. The largest absolute Gasteiger partial charge is 0.493 e. The molecular weight excluding hydrogens is 530 g/mol. The van der Waals surface area contributed by atoms with Gasteiger partial charge in [0.05, 0.1) is 23.2 Å². The monoisotopic (exact) mass is 553 g/mol. The summed E-state index contributed by atoms with van der Waals surface area (Å²) in [6, 6.07) is 15.2. The van der Waals surface area contributed by atoms with Crippen molar-refractivity contribution >= 4 is 39.2 Å². The van der Waals surface area contributed by atoms with Gasteiger partial charge in [-0.05, 0) is 76.1 Å². The summed E-state index contributed by atoms with van der Waals surface area (Å²) < 4.78 is 12.6. The van der Waals surface area contributed by atoms with Gasteiger partial charge in [-0.15, -0.1) is 0 Å². The molecule has 0 aromatic heterocycles. The molecule has 1 heterocycles. The number of carboxylic acid groups (broad SMARTS) is 1. The molecule has 3 aromatic carbocycles. The molecule has 0 bridgehead atoms. The average molecular weight is 555 g/mol. The molecule has 1 aliphatic heterocycles. The summed E-state index contributed by atoms with van der Waals surface area (Å²) in [6.45, 7) is 2.32. The van der Waals surface area contributed by atoms with Crippen LogP contribution in [0.25, 0.3) is 0 Å². The summed E-state index contributed by atoms with van der Waals surface area (Å²) in [7, 11) is 1.63. The number of carbonyl (C=O) groups is 1. The van der Waals surface area contributed by atoms with Crippen LogP contribution in [0.2, 0.25) is 5.02 Å². The molecule has 2 N–H and O–H groups in total. The molecule has 180 valence electrons. The van der Waals surface area contributed by atoms with E-state index < -0.39 is 5.97 Å². The lowest BCUT2D eigenvalue weighted by Gasteiger charge is -2.39. The Morgan fingerprint density at radius 2 is 2.03 bits per heavy atom. The van der Waals surface area contributed by atoms with Crippen molar-refractivity contribution in [2.75, 3.05) is 12.4 Å². The topological polar surface area (TPSA) is 67.8 Å². The highest BCUT2D eigenvalue weighted by atomic mass is 79.9. The van der Waals surface area contributed by atoms with Gasteiger partial charge < -0.3 is 19.9 Å². The highest BCUT2D eigenvalue weighted by molar-refractivity contribution is 9.10. The molecule has 0 unspecified atom stereocenters. The number of ether oxygens (including phenoxy) is 2. The number of rotatable bonds is 6. The molecule has 0 amide bonds. The Bertz CT molecular complexity index is 1340. The van der Waals surface area contributed by atoms with Crippen molar-refractivity contribution in [2.45, 2.75) is 31.9 Å². The third-order valence-electron chi connectivity index (χ3n) is 6.90. The number of methoxy groups -OCH3 is 1. The molecule has 3 aromatic rings. The maximum absolute atomic E-state index is 12.0. The van der Waals surface area contributed by atoms with Crippen molar-refractivity contribution < 1.29 is 19.4 Å². The lowest BCUT2D eigenvalue weighted by atomic mass is 9.74. The van der Waals surface area contributed by atoms with E-state index in [4.69, 9.17) is 21.1 Å². The molecule has 5 nitrogen and oxygen atoms in total. The highest BCUT2D eigenvalue weighted by Crippen LogP contribution is 2.53. The standard InChI is InChI=1S/C28H25BrClNO4/c1-15-10-11-20(28(32)33)24-18-7-5-8-19(18)26(31-25(15)24)17-12-21(29)27(23(13-17)34-2)35-14-16-6-3-4-9-22(16)30/h3-7,9-13,18-19,26,31H,8,14H2,1-2H3,(H,32,33)/t18-,19+,26+/m1/s1. The van der Waals surface area contributed by atoms with Gasteiger partial charge in [0.1, 0.15) is 6.61 Å². The van der Waals surface area contributed by atoms with Crippen LogP contribution in [-0.2, 0) is 6.61 Å². The third-order valence-corrected chi connectivity index (χ3v) is 7.86. The van der Waals surface area contributed by atoms with Crippen LogP contribution in [0.3, 0.4) is 0 Å². The second-order valence-corrected chi connectivity index (χ2v) is 10.2. The van der Waals surface area contributed by atoms with Gasteiger partial charge in [-0.25, -0.2) is 4.79 Å². The molecule has 0 spiro atoms. The van der Waals surface area contributed by atoms with E-state index in [0.29, 0.717) is 28.7 Å². The summed E-state index contributed by atoms with van der Waals surface area (Å²) in [5.74, 6) is 0.549. The zero-order valence-electron chi connectivity index (χ0n) is 19.3. The first-order valence-electron chi connectivity index (χ1n) is 11.4. The third kappa shape index (κ3) is 4.30. The Balaban J connectivity index is 1.51. The summed E-state index contributed by atoms with van der Waals surface area (Å²) in [4.78, 5) is 12.0. The smallest absolute Gasteiger partial charge is 0.336 e.